The summed E-state index contributed by atoms with van der Waals surface area (Å²) in [6, 6.07) is 60.3. The molecule has 0 radical (unpaired) electrons. The van der Waals surface area contributed by atoms with Crippen molar-refractivity contribution in [2.75, 3.05) is 9.71 Å². The molecule has 8 aromatic carbocycles. The maximum Gasteiger partial charge on any atom is 0.334 e. The Hall–Kier alpha value is -6.82. The van der Waals surface area contributed by atoms with Crippen LogP contribution in [0, 0.1) is 6.92 Å². The molecule has 15 rings (SSSR count). The quantitative estimate of drug-likeness (QED) is 0.153. The van der Waals surface area contributed by atoms with E-state index in [2.05, 4.69) is 202 Å². The van der Waals surface area contributed by atoms with E-state index in [1.807, 2.05) is 11.3 Å². The van der Waals surface area contributed by atoms with E-state index >= 15 is 0 Å². The van der Waals surface area contributed by atoms with Crippen molar-refractivity contribution in [2.45, 2.75) is 63.7 Å². The molecule has 0 saturated heterocycles. The molecule has 0 N–H and O–H groups in total. The average Bonchev–Trinajstić information content (AvgIpc) is 3.99. The number of para-hydroxylation sites is 3. The van der Waals surface area contributed by atoms with Crippen molar-refractivity contribution in [1.82, 2.24) is 0 Å². The monoisotopic (exact) mass is 852 g/mol. The Bertz CT molecular complexity index is 3750. The van der Waals surface area contributed by atoms with E-state index in [0.29, 0.717) is 0 Å². The van der Waals surface area contributed by atoms with Crippen molar-refractivity contribution < 1.29 is 4.42 Å². The maximum atomic E-state index is 7.25. The van der Waals surface area contributed by atoms with Crippen LogP contribution < -0.4 is 20.6 Å². The number of hydrogen-bond acceptors (Lipinski definition) is 4. The first kappa shape index (κ1) is 36.5. The molecule has 65 heavy (non-hydrogen) atoms. The zero-order chi connectivity index (χ0) is 43.3. The fourth-order valence-electron chi connectivity index (χ4n) is 13.4. The molecular formula is C60H45BN2OS. The van der Waals surface area contributed by atoms with Crippen molar-refractivity contribution >= 4 is 88.9 Å². The molecule has 0 unspecified atom stereocenters. The fourth-order valence-corrected chi connectivity index (χ4v) is 14.7. The van der Waals surface area contributed by atoms with Crippen LogP contribution in [0.3, 0.4) is 0 Å². The Kier molecular flexibility index (Phi) is 6.79. The molecule has 3 aliphatic heterocycles. The number of thiophene rings is 1. The van der Waals surface area contributed by atoms with Crippen molar-refractivity contribution in [2.24, 2.45) is 0 Å². The summed E-state index contributed by atoms with van der Waals surface area (Å²) in [4.78, 5) is 5.42. The van der Waals surface area contributed by atoms with Gasteiger partial charge in [-0.15, -0.1) is 11.3 Å². The second-order valence-corrected chi connectivity index (χ2v) is 21.6. The van der Waals surface area contributed by atoms with E-state index in [1.165, 1.54) is 116 Å². The van der Waals surface area contributed by atoms with Gasteiger partial charge in [0.25, 0.3) is 0 Å². The summed E-state index contributed by atoms with van der Waals surface area (Å²) in [5.74, 6) is 0. The summed E-state index contributed by atoms with van der Waals surface area (Å²) in [7, 11) is 0. The van der Waals surface area contributed by atoms with E-state index in [0.717, 1.165) is 28.4 Å². The first-order chi connectivity index (χ1) is 31.7. The highest BCUT2D eigenvalue weighted by atomic mass is 32.1. The van der Waals surface area contributed by atoms with E-state index in [4.69, 9.17) is 4.42 Å². The Morgan fingerprint density at radius 1 is 0.508 bits per heavy atom. The molecule has 310 valence electrons. The summed E-state index contributed by atoms with van der Waals surface area (Å²) >= 11 is 1.93. The van der Waals surface area contributed by atoms with Gasteiger partial charge in [-0.2, -0.15) is 0 Å². The molecule has 0 amide bonds. The zero-order valence-electron chi connectivity index (χ0n) is 37.2. The minimum atomic E-state index is -0.501. The van der Waals surface area contributed by atoms with Gasteiger partial charge < -0.3 is 9.23 Å². The van der Waals surface area contributed by atoms with E-state index in [-0.39, 0.29) is 17.7 Å². The first-order valence-electron chi connectivity index (χ1n) is 23.3. The number of aryl methyl sites for hydroxylation is 1. The third kappa shape index (κ3) is 4.30. The summed E-state index contributed by atoms with van der Waals surface area (Å²) < 4.78 is 8.55. The molecule has 5 heterocycles. The topological polar surface area (TPSA) is 19.6 Å². The molecule has 1 spiro atoms. The minimum Gasteiger partial charge on any atom is -0.454 e. The molecule has 5 heteroatoms. The second-order valence-electron chi connectivity index (χ2n) is 20.6. The Labute approximate surface area is 383 Å². The number of furan rings is 1. The average molecular weight is 853 g/mol. The lowest BCUT2D eigenvalue weighted by molar-refractivity contribution is 0.332. The summed E-state index contributed by atoms with van der Waals surface area (Å²) in [6.45, 7) is 12.0. The minimum absolute atomic E-state index is 0.0414. The normalized spacial score (nSPS) is 17.2. The lowest BCUT2D eigenvalue weighted by atomic mass is 9.42. The summed E-state index contributed by atoms with van der Waals surface area (Å²) in [6.07, 6.45) is 2.34. The largest absolute Gasteiger partial charge is 0.454 e. The van der Waals surface area contributed by atoms with Gasteiger partial charge in [0.1, 0.15) is 5.58 Å². The second kappa shape index (κ2) is 12.1. The molecule has 2 aromatic heterocycles. The molecule has 0 atom stereocenters. The van der Waals surface area contributed by atoms with Crippen LogP contribution in [-0.2, 0) is 16.2 Å². The SMILES string of the molecule is Cc1cc2c(cc1N1c3sc4ccccc4c3B3c4c(cc5c(oc6ccccc65)c41)-c1cccc4c1N3c1ccccc1C41c3ccccc3-c3ccccc31)C(C)(C)CCC2(C)C. The highest BCUT2D eigenvalue weighted by molar-refractivity contribution is 7.26. The highest BCUT2D eigenvalue weighted by Crippen LogP contribution is 2.65. The van der Waals surface area contributed by atoms with Crippen LogP contribution in [0.4, 0.5) is 27.8 Å². The molecule has 0 fully saturated rings. The molecular weight excluding hydrogens is 808 g/mol. The third-order valence-corrected chi connectivity index (χ3v) is 17.6. The molecule has 2 aliphatic carbocycles. The smallest absolute Gasteiger partial charge is 0.334 e. The van der Waals surface area contributed by atoms with Crippen molar-refractivity contribution in [1.29, 1.82) is 0 Å². The molecule has 10 aromatic rings. The molecule has 0 bridgehead atoms. The molecule has 5 aliphatic rings. The van der Waals surface area contributed by atoms with Crippen molar-refractivity contribution in [3.05, 3.63) is 197 Å². The first-order valence-corrected chi connectivity index (χ1v) is 24.2. The number of benzene rings is 8. The van der Waals surface area contributed by atoms with Crippen LogP contribution in [0.1, 0.15) is 79.5 Å². The van der Waals surface area contributed by atoms with Gasteiger partial charge in [0.2, 0.25) is 0 Å². The van der Waals surface area contributed by atoms with Gasteiger partial charge in [-0.25, -0.2) is 0 Å². The van der Waals surface area contributed by atoms with Crippen molar-refractivity contribution in [3.8, 4) is 22.3 Å². The van der Waals surface area contributed by atoms with Crippen molar-refractivity contribution in [3.63, 3.8) is 0 Å². The van der Waals surface area contributed by atoms with Gasteiger partial charge >= 0.3 is 6.85 Å². The Morgan fingerprint density at radius 2 is 1.12 bits per heavy atom. The predicted octanol–water partition coefficient (Wildman–Crippen LogP) is 14.8. The van der Waals surface area contributed by atoms with Gasteiger partial charge in [0, 0.05) is 32.4 Å². The van der Waals surface area contributed by atoms with Crippen LogP contribution in [0.5, 0.6) is 0 Å². The van der Waals surface area contributed by atoms with Crippen LogP contribution in [0.2, 0.25) is 0 Å². The lowest BCUT2D eigenvalue weighted by Crippen LogP contribution is -2.63. The van der Waals surface area contributed by atoms with Crippen LogP contribution in [0.25, 0.3) is 54.3 Å². The van der Waals surface area contributed by atoms with E-state index in [1.54, 1.807) is 0 Å². The lowest BCUT2D eigenvalue weighted by Gasteiger charge is -2.52. The molecule has 0 saturated carbocycles. The Morgan fingerprint density at radius 3 is 1.89 bits per heavy atom. The number of hydrogen-bond donors (Lipinski definition) is 0. The zero-order valence-corrected chi connectivity index (χ0v) is 38.0. The number of nitrogens with zero attached hydrogens (tertiary/aromatic N) is 2. The van der Waals surface area contributed by atoms with Gasteiger partial charge in [-0.05, 0) is 133 Å². The van der Waals surface area contributed by atoms with E-state index < -0.39 is 5.41 Å². The third-order valence-electron chi connectivity index (χ3n) is 16.4. The maximum absolute atomic E-state index is 7.25. The van der Waals surface area contributed by atoms with E-state index in [9.17, 15) is 0 Å². The van der Waals surface area contributed by atoms with Gasteiger partial charge in [0.15, 0.2) is 5.58 Å². The highest BCUT2D eigenvalue weighted by Gasteiger charge is 2.57. The van der Waals surface area contributed by atoms with Gasteiger partial charge in [0.05, 0.1) is 21.8 Å². The van der Waals surface area contributed by atoms with Gasteiger partial charge in [-0.3, -0.25) is 4.90 Å². The summed E-state index contributed by atoms with van der Waals surface area (Å²) in [5, 5.41) is 4.90. The number of anilines is 5. The van der Waals surface area contributed by atoms with Crippen LogP contribution in [0.15, 0.2) is 162 Å². The van der Waals surface area contributed by atoms with Crippen LogP contribution >= 0.6 is 11.3 Å². The predicted molar refractivity (Wildman–Crippen MR) is 274 cm³/mol. The number of fused-ring (bicyclic) bond motifs is 20. The standard InChI is InChI=1S/C60H45BN2OS/c1-34-31-46-47(59(4,5)30-29-58(46,2)3)33-49(34)62-55-52-40(32-41-37-19-8-14-27-50(37)64-56(41)55)38-21-16-25-45-54(38)63(61(52)53-39-20-9-15-28-51(39)65-57(53)62)48-26-13-12-24-44(48)60(45)42-22-10-6-17-35(42)36-18-7-11-23-43(36)60/h6-28,31-33H,29-30H2,1-5H3. The molecule has 3 nitrogen and oxygen atoms in total. The Balaban J connectivity index is 1.14. The summed E-state index contributed by atoms with van der Waals surface area (Å²) in [5.41, 5.74) is 24.0. The van der Waals surface area contributed by atoms with Gasteiger partial charge in [-0.1, -0.05) is 155 Å². The fraction of sp³-hybridized carbons (Fsp3) is 0.167. The van der Waals surface area contributed by atoms with Crippen LogP contribution in [-0.4, -0.2) is 6.85 Å². The number of rotatable bonds is 1.